The number of carbonyl (C=O) groups excluding carboxylic acids is 2. The van der Waals surface area contributed by atoms with Gasteiger partial charge in [-0.05, 0) is 5.56 Å². The number of hydrogen-bond donors (Lipinski definition) is 2. The largest absolute Gasteiger partial charge is 0.384 e. The van der Waals surface area contributed by atoms with Crippen LogP contribution in [0.15, 0.2) is 30.3 Å². The first-order valence-corrected chi connectivity index (χ1v) is 4.17. The summed E-state index contributed by atoms with van der Waals surface area (Å²) in [6.07, 6.45) is -1.22. The van der Waals surface area contributed by atoms with E-state index in [0.717, 1.165) is 5.56 Å². The third kappa shape index (κ3) is 2.67. The molecule has 1 rings (SSSR count). The second-order valence-electron chi connectivity index (χ2n) is 2.93. The van der Waals surface area contributed by atoms with Gasteiger partial charge in [-0.2, -0.15) is 0 Å². The van der Waals surface area contributed by atoms with Gasteiger partial charge in [0.05, 0.1) is 0 Å². The lowest BCUT2D eigenvalue weighted by atomic mass is 10.1. The molecule has 0 spiro atoms. The first-order chi connectivity index (χ1) is 6.61. The minimum atomic E-state index is -1.34. The zero-order valence-corrected chi connectivity index (χ0v) is 7.51. The number of rotatable bonds is 4. The van der Waals surface area contributed by atoms with Gasteiger partial charge in [-0.1, -0.05) is 30.3 Å². The summed E-state index contributed by atoms with van der Waals surface area (Å²) in [6, 6.07) is 8.92. The molecular weight excluding hydrogens is 182 g/mol. The van der Waals surface area contributed by atoms with Gasteiger partial charge in [0.15, 0.2) is 0 Å². The first-order valence-electron chi connectivity index (χ1n) is 4.17. The summed E-state index contributed by atoms with van der Waals surface area (Å²) in [7, 11) is 0. The van der Waals surface area contributed by atoms with Crippen molar-refractivity contribution in [3.05, 3.63) is 35.9 Å². The average molecular weight is 193 g/mol. The van der Waals surface area contributed by atoms with E-state index in [2.05, 4.69) is 0 Å². The molecule has 0 aliphatic heterocycles. The fourth-order valence-electron chi connectivity index (χ4n) is 1.09. The van der Waals surface area contributed by atoms with Gasteiger partial charge in [0.2, 0.25) is 5.78 Å². The summed E-state index contributed by atoms with van der Waals surface area (Å²) >= 11 is 0. The number of nitrogens with two attached hydrogens (primary N) is 1. The van der Waals surface area contributed by atoms with Gasteiger partial charge >= 0.3 is 0 Å². The lowest BCUT2D eigenvalue weighted by Gasteiger charge is -2.06. The fraction of sp³-hybridized carbons (Fsp3) is 0.200. The minimum Gasteiger partial charge on any atom is -0.384 e. The number of primary amides is 1. The van der Waals surface area contributed by atoms with E-state index in [1.165, 1.54) is 0 Å². The molecule has 0 heterocycles. The lowest BCUT2D eigenvalue weighted by molar-refractivity contribution is -0.141. The Labute approximate surface area is 81.3 Å². The number of ketones is 1. The molecule has 3 N–H and O–H groups in total. The predicted molar refractivity (Wildman–Crippen MR) is 50.4 cm³/mol. The molecule has 0 saturated heterocycles. The van der Waals surface area contributed by atoms with Crippen LogP contribution in [0.2, 0.25) is 0 Å². The summed E-state index contributed by atoms with van der Waals surface area (Å²) < 4.78 is 0. The molecule has 0 aliphatic rings. The molecule has 74 valence electrons. The molecule has 0 fully saturated rings. The van der Waals surface area contributed by atoms with E-state index >= 15 is 0 Å². The second-order valence-corrected chi connectivity index (χ2v) is 2.93. The Morgan fingerprint density at radius 1 is 1.29 bits per heavy atom. The van der Waals surface area contributed by atoms with Gasteiger partial charge in [-0.15, -0.1) is 0 Å². The van der Waals surface area contributed by atoms with Crippen LogP contribution in [0.5, 0.6) is 0 Å². The molecule has 4 nitrogen and oxygen atoms in total. The van der Waals surface area contributed by atoms with Crippen molar-refractivity contribution in [3.8, 4) is 0 Å². The van der Waals surface area contributed by atoms with Crippen LogP contribution in [0.4, 0.5) is 0 Å². The molecule has 1 aromatic carbocycles. The highest BCUT2D eigenvalue weighted by Gasteiger charge is 2.20. The number of Topliss-reactive ketones (excluding diaryl/α,β-unsaturated/α-hetero) is 1. The molecule has 0 aliphatic carbocycles. The number of aliphatic hydroxyl groups is 1. The third-order valence-corrected chi connectivity index (χ3v) is 1.82. The molecule has 14 heavy (non-hydrogen) atoms. The van der Waals surface area contributed by atoms with E-state index in [0.29, 0.717) is 0 Å². The number of carbonyl (C=O) groups is 2. The molecular formula is C10H11NO3. The normalized spacial score (nSPS) is 12.1. The maximum Gasteiger partial charge on any atom is 0.287 e. The Morgan fingerprint density at radius 2 is 1.86 bits per heavy atom. The summed E-state index contributed by atoms with van der Waals surface area (Å²) in [6.45, 7) is 0. The van der Waals surface area contributed by atoms with Crippen molar-refractivity contribution < 1.29 is 14.7 Å². The van der Waals surface area contributed by atoms with Crippen LogP contribution in [-0.2, 0) is 16.0 Å². The average Bonchev–Trinajstić information content (AvgIpc) is 2.18. The van der Waals surface area contributed by atoms with Crippen LogP contribution in [0.1, 0.15) is 5.56 Å². The molecule has 0 saturated carbocycles. The standard InChI is InChI=1S/C10H11NO3/c11-10(14)9(13)8(12)6-7-4-2-1-3-5-7/h1-5,8,12H,6H2,(H2,11,14). The topological polar surface area (TPSA) is 80.4 Å². The van der Waals surface area contributed by atoms with Gasteiger partial charge in [0.25, 0.3) is 5.91 Å². The Morgan fingerprint density at radius 3 is 2.36 bits per heavy atom. The minimum absolute atomic E-state index is 0.114. The van der Waals surface area contributed by atoms with Crippen molar-refractivity contribution in [3.63, 3.8) is 0 Å². The Hall–Kier alpha value is -1.68. The van der Waals surface area contributed by atoms with Crippen molar-refractivity contribution in [2.24, 2.45) is 5.73 Å². The molecule has 0 aromatic heterocycles. The number of aliphatic hydroxyl groups excluding tert-OH is 1. The summed E-state index contributed by atoms with van der Waals surface area (Å²) in [5.41, 5.74) is 5.53. The van der Waals surface area contributed by atoms with E-state index < -0.39 is 17.8 Å². The van der Waals surface area contributed by atoms with Gasteiger partial charge in [0.1, 0.15) is 6.10 Å². The Bertz CT molecular complexity index is 334. The first kappa shape index (κ1) is 10.4. The number of benzene rings is 1. The van der Waals surface area contributed by atoms with Gasteiger partial charge in [-0.3, -0.25) is 9.59 Å². The van der Waals surface area contributed by atoms with Crippen molar-refractivity contribution in [1.29, 1.82) is 0 Å². The van der Waals surface area contributed by atoms with Gasteiger partial charge < -0.3 is 10.8 Å². The Kier molecular flexibility index (Phi) is 3.36. The second kappa shape index (κ2) is 4.53. The smallest absolute Gasteiger partial charge is 0.287 e. The van der Waals surface area contributed by atoms with Crippen LogP contribution < -0.4 is 5.73 Å². The van der Waals surface area contributed by atoms with E-state index in [1.54, 1.807) is 24.3 Å². The third-order valence-electron chi connectivity index (χ3n) is 1.82. The van der Waals surface area contributed by atoms with Crippen molar-refractivity contribution in [2.45, 2.75) is 12.5 Å². The maximum absolute atomic E-state index is 10.9. The molecule has 0 radical (unpaired) electrons. The maximum atomic E-state index is 10.9. The molecule has 4 heteroatoms. The highest BCUT2D eigenvalue weighted by atomic mass is 16.3. The highest BCUT2D eigenvalue weighted by molar-refractivity contribution is 6.37. The molecule has 1 aromatic rings. The van der Waals surface area contributed by atoms with Crippen LogP contribution >= 0.6 is 0 Å². The zero-order valence-electron chi connectivity index (χ0n) is 7.51. The van der Waals surface area contributed by atoms with Crippen LogP contribution in [0.3, 0.4) is 0 Å². The summed E-state index contributed by atoms with van der Waals surface area (Å²) in [5, 5.41) is 9.29. The van der Waals surface area contributed by atoms with E-state index in [1.807, 2.05) is 6.07 Å². The predicted octanol–water partition coefficient (Wildman–Crippen LogP) is -0.356. The van der Waals surface area contributed by atoms with Crippen LogP contribution in [-0.4, -0.2) is 22.9 Å². The van der Waals surface area contributed by atoms with Gasteiger partial charge in [-0.25, -0.2) is 0 Å². The number of hydrogen-bond acceptors (Lipinski definition) is 3. The molecule has 1 amide bonds. The van der Waals surface area contributed by atoms with E-state index in [4.69, 9.17) is 5.73 Å². The summed E-state index contributed by atoms with van der Waals surface area (Å²) in [5.74, 6) is -2.05. The fourth-order valence-corrected chi connectivity index (χ4v) is 1.09. The quantitative estimate of drug-likeness (QED) is 0.641. The highest BCUT2D eigenvalue weighted by Crippen LogP contribution is 2.03. The number of amides is 1. The van der Waals surface area contributed by atoms with E-state index in [9.17, 15) is 14.7 Å². The monoisotopic (exact) mass is 193 g/mol. The van der Waals surface area contributed by atoms with Crippen molar-refractivity contribution in [1.82, 2.24) is 0 Å². The molecule has 1 unspecified atom stereocenters. The van der Waals surface area contributed by atoms with Crippen molar-refractivity contribution in [2.75, 3.05) is 0 Å². The van der Waals surface area contributed by atoms with Gasteiger partial charge in [0, 0.05) is 6.42 Å². The Balaban J connectivity index is 2.62. The lowest BCUT2D eigenvalue weighted by Crippen LogP contribution is -2.35. The SMILES string of the molecule is NC(=O)C(=O)C(O)Cc1ccccc1. The molecule has 1 atom stereocenters. The summed E-state index contributed by atoms with van der Waals surface area (Å²) in [4.78, 5) is 21.4. The van der Waals surface area contributed by atoms with Crippen LogP contribution in [0, 0.1) is 0 Å². The van der Waals surface area contributed by atoms with E-state index in [-0.39, 0.29) is 6.42 Å². The van der Waals surface area contributed by atoms with Crippen LogP contribution in [0.25, 0.3) is 0 Å². The molecule has 0 bridgehead atoms. The zero-order chi connectivity index (χ0) is 10.6. The van der Waals surface area contributed by atoms with Crippen molar-refractivity contribution >= 4 is 11.7 Å².